The minimum atomic E-state index is 0.209. The van der Waals surface area contributed by atoms with Gasteiger partial charge in [-0.05, 0) is 26.1 Å². The number of para-hydroxylation sites is 2. The van der Waals surface area contributed by atoms with E-state index in [-0.39, 0.29) is 6.17 Å². The molecule has 80 valence electrons. The summed E-state index contributed by atoms with van der Waals surface area (Å²) < 4.78 is 2.06. The highest BCUT2D eigenvalue weighted by Gasteiger charge is 2.07. The quantitative estimate of drug-likeness (QED) is 0.745. The van der Waals surface area contributed by atoms with Crippen LogP contribution in [0.1, 0.15) is 6.92 Å². The van der Waals surface area contributed by atoms with Crippen LogP contribution in [0.25, 0.3) is 11.0 Å². The molecule has 0 saturated heterocycles. The fourth-order valence-electron chi connectivity index (χ4n) is 1.54. The maximum atomic E-state index is 4.51. The van der Waals surface area contributed by atoms with E-state index in [0.29, 0.717) is 0 Å². The SMILES string of the molecule is CNC(C)Nc1nc2ccccc2n1C. The van der Waals surface area contributed by atoms with Gasteiger partial charge in [0.05, 0.1) is 17.2 Å². The van der Waals surface area contributed by atoms with Crippen molar-refractivity contribution in [1.29, 1.82) is 0 Å². The monoisotopic (exact) mass is 204 g/mol. The molecule has 0 radical (unpaired) electrons. The number of rotatable bonds is 3. The van der Waals surface area contributed by atoms with Crippen LogP contribution < -0.4 is 10.6 Å². The van der Waals surface area contributed by atoms with Crippen molar-refractivity contribution in [3.8, 4) is 0 Å². The van der Waals surface area contributed by atoms with Crippen LogP contribution in [-0.4, -0.2) is 22.8 Å². The Hall–Kier alpha value is -1.55. The maximum absolute atomic E-state index is 4.51. The van der Waals surface area contributed by atoms with Crippen molar-refractivity contribution in [2.24, 2.45) is 7.05 Å². The molecule has 0 aliphatic carbocycles. The van der Waals surface area contributed by atoms with E-state index in [2.05, 4.69) is 33.2 Å². The minimum absolute atomic E-state index is 0.209. The summed E-state index contributed by atoms with van der Waals surface area (Å²) in [5.41, 5.74) is 2.16. The standard InChI is InChI=1S/C11H16N4/c1-8(12-2)13-11-14-9-6-4-5-7-10(9)15(11)3/h4-8,12H,1-3H3,(H,13,14). The van der Waals surface area contributed by atoms with Crippen LogP contribution in [0, 0.1) is 0 Å². The molecule has 4 heteroatoms. The van der Waals surface area contributed by atoms with Crippen molar-refractivity contribution in [1.82, 2.24) is 14.9 Å². The molecule has 0 spiro atoms. The molecule has 0 aliphatic heterocycles. The highest BCUT2D eigenvalue weighted by molar-refractivity contribution is 5.78. The van der Waals surface area contributed by atoms with Gasteiger partial charge in [0.1, 0.15) is 0 Å². The molecule has 1 unspecified atom stereocenters. The molecule has 1 heterocycles. The first-order chi connectivity index (χ1) is 7.22. The van der Waals surface area contributed by atoms with Crippen molar-refractivity contribution in [2.75, 3.05) is 12.4 Å². The smallest absolute Gasteiger partial charge is 0.204 e. The third kappa shape index (κ3) is 1.80. The molecule has 1 aromatic carbocycles. The molecule has 15 heavy (non-hydrogen) atoms. The molecule has 2 N–H and O–H groups in total. The van der Waals surface area contributed by atoms with E-state index < -0.39 is 0 Å². The van der Waals surface area contributed by atoms with Crippen molar-refractivity contribution < 1.29 is 0 Å². The Kier molecular flexibility index (Phi) is 2.60. The number of fused-ring (bicyclic) bond motifs is 1. The third-order valence-electron chi connectivity index (χ3n) is 2.57. The van der Waals surface area contributed by atoms with Crippen LogP contribution in [0.3, 0.4) is 0 Å². The van der Waals surface area contributed by atoms with Gasteiger partial charge < -0.3 is 15.2 Å². The lowest BCUT2D eigenvalue weighted by Gasteiger charge is -2.12. The lowest BCUT2D eigenvalue weighted by atomic mass is 10.3. The number of aryl methyl sites for hydroxylation is 1. The zero-order valence-corrected chi connectivity index (χ0v) is 9.28. The van der Waals surface area contributed by atoms with Gasteiger partial charge in [-0.25, -0.2) is 4.98 Å². The summed E-state index contributed by atoms with van der Waals surface area (Å²) in [6, 6.07) is 8.11. The van der Waals surface area contributed by atoms with E-state index in [1.165, 1.54) is 0 Å². The number of nitrogens with zero attached hydrogens (tertiary/aromatic N) is 2. The maximum Gasteiger partial charge on any atom is 0.204 e. The first-order valence-corrected chi connectivity index (χ1v) is 5.07. The summed E-state index contributed by atoms with van der Waals surface area (Å²) in [6.07, 6.45) is 0.209. The Labute approximate surface area is 89.3 Å². The van der Waals surface area contributed by atoms with Crippen LogP contribution in [0.2, 0.25) is 0 Å². The predicted molar refractivity (Wildman–Crippen MR) is 62.9 cm³/mol. The first kappa shape index (κ1) is 9.98. The van der Waals surface area contributed by atoms with Crippen LogP contribution in [-0.2, 0) is 7.05 Å². The van der Waals surface area contributed by atoms with Gasteiger partial charge >= 0.3 is 0 Å². The largest absolute Gasteiger partial charge is 0.341 e. The molecule has 0 saturated carbocycles. The van der Waals surface area contributed by atoms with Gasteiger partial charge in [-0.2, -0.15) is 0 Å². The van der Waals surface area contributed by atoms with Gasteiger partial charge in [-0.3, -0.25) is 0 Å². The summed E-state index contributed by atoms with van der Waals surface area (Å²) in [5.74, 6) is 0.887. The predicted octanol–water partition coefficient (Wildman–Crippen LogP) is 1.55. The molecule has 2 aromatic rings. The highest BCUT2D eigenvalue weighted by Crippen LogP contribution is 2.17. The molecule has 1 atom stereocenters. The number of hydrogen-bond donors (Lipinski definition) is 2. The second kappa shape index (κ2) is 3.90. The lowest BCUT2D eigenvalue weighted by Crippen LogP contribution is -2.30. The van der Waals surface area contributed by atoms with E-state index in [4.69, 9.17) is 0 Å². The van der Waals surface area contributed by atoms with Crippen LogP contribution in [0.5, 0.6) is 0 Å². The summed E-state index contributed by atoms with van der Waals surface area (Å²) in [4.78, 5) is 4.51. The molecule has 0 fully saturated rings. The fraction of sp³-hybridized carbons (Fsp3) is 0.364. The molecule has 2 rings (SSSR count). The van der Waals surface area contributed by atoms with E-state index in [1.807, 2.05) is 32.3 Å². The Bertz CT molecular complexity index is 461. The highest BCUT2D eigenvalue weighted by atomic mass is 15.2. The number of aromatic nitrogens is 2. The van der Waals surface area contributed by atoms with E-state index in [9.17, 15) is 0 Å². The van der Waals surface area contributed by atoms with Gasteiger partial charge in [-0.1, -0.05) is 12.1 Å². The third-order valence-corrected chi connectivity index (χ3v) is 2.57. The topological polar surface area (TPSA) is 41.9 Å². The summed E-state index contributed by atoms with van der Waals surface area (Å²) in [7, 11) is 3.93. The first-order valence-electron chi connectivity index (χ1n) is 5.07. The summed E-state index contributed by atoms with van der Waals surface area (Å²) in [6.45, 7) is 2.05. The average molecular weight is 204 g/mol. The lowest BCUT2D eigenvalue weighted by molar-refractivity contribution is 0.670. The average Bonchev–Trinajstić information content (AvgIpc) is 2.57. The number of hydrogen-bond acceptors (Lipinski definition) is 3. The van der Waals surface area contributed by atoms with Crippen molar-refractivity contribution in [3.63, 3.8) is 0 Å². The molecule has 0 bridgehead atoms. The minimum Gasteiger partial charge on any atom is -0.341 e. The second-order valence-electron chi connectivity index (χ2n) is 3.64. The zero-order chi connectivity index (χ0) is 10.8. The molecular formula is C11H16N4. The Balaban J connectivity index is 2.40. The molecule has 0 aliphatic rings. The zero-order valence-electron chi connectivity index (χ0n) is 9.28. The Morgan fingerprint density at radius 1 is 1.33 bits per heavy atom. The van der Waals surface area contributed by atoms with Gasteiger partial charge in [0.25, 0.3) is 0 Å². The van der Waals surface area contributed by atoms with Gasteiger partial charge in [0.15, 0.2) is 0 Å². The van der Waals surface area contributed by atoms with Gasteiger partial charge in [0.2, 0.25) is 5.95 Å². The number of benzene rings is 1. The number of nitrogens with one attached hydrogen (secondary N) is 2. The molecule has 1 aromatic heterocycles. The molecular weight excluding hydrogens is 188 g/mol. The van der Waals surface area contributed by atoms with Crippen LogP contribution in [0.15, 0.2) is 24.3 Å². The van der Waals surface area contributed by atoms with Crippen molar-refractivity contribution >= 4 is 17.0 Å². The normalized spacial score (nSPS) is 13.0. The number of imidazole rings is 1. The van der Waals surface area contributed by atoms with Gasteiger partial charge in [-0.15, -0.1) is 0 Å². The van der Waals surface area contributed by atoms with Crippen LogP contribution in [0.4, 0.5) is 5.95 Å². The van der Waals surface area contributed by atoms with Gasteiger partial charge in [0, 0.05) is 7.05 Å². The van der Waals surface area contributed by atoms with E-state index in [0.717, 1.165) is 17.0 Å². The van der Waals surface area contributed by atoms with Crippen molar-refractivity contribution in [3.05, 3.63) is 24.3 Å². The Morgan fingerprint density at radius 2 is 2.07 bits per heavy atom. The van der Waals surface area contributed by atoms with E-state index >= 15 is 0 Å². The number of anilines is 1. The fourth-order valence-corrected chi connectivity index (χ4v) is 1.54. The molecule has 0 amide bonds. The Morgan fingerprint density at radius 3 is 2.73 bits per heavy atom. The molecule has 4 nitrogen and oxygen atoms in total. The van der Waals surface area contributed by atoms with Crippen molar-refractivity contribution in [2.45, 2.75) is 13.1 Å². The summed E-state index contributed by atoms with van der Waals surface area (Å²) >= 11 is 0. The van der Waals surface area contributed by atoms with Crippen LogP contribution >= 0.6 is 0 Å². The van der Waals surface area contributed by atoms with E-state index in [1.54, 1.807) is 0 Å². The second-order valence-corrected chi connectivity index (χ2v) is 3.64. The summed E-state index contributed by atoms with van der Waals surface area (Å²) in [5, 5.41) is 6.41.